The zero-order valence-corrected chi connectivity index (χ0v) is 9.73. The van der Waals surface area contributed by atoms with Gasteiger partial charge in [0.1, 0.15) is 11.5 Å². The summed E-state index contributed by atoms with van der Waals surface area (Å²) in [5, 5.41) is 5.42. The summed E-state index contributed by atoms with van der Waals surface area (Å²) >= 11 is 2.81. The first-order chi connectivity index (χ1) is 7.89. The lowest BCUT2D eigenvalue weighted by Crippen LogP contribution is -2.06. The summed E-state index contributed by atoms with van der Waals surface area (Å²) in [6, 6.07) is 5.19. The Morgan fingerprint density at radius 1 is 1.24 bits per heavy atom. The first-order valence-electron chi connectivity index (χ1n) is 4.46. The normalized spacial score (nSPS) is 11.8. The Morgan fingerprint density at radius 2 is 1.94 bits per heavy atom. The molecule has 0 aliphatic carbocycles. The molecule has 0 bridgehead atoms. The minimum absolute atomic E-state index is 0.0248. The quantitative estimate of drug-likeness (QED) is 0.793. The average Bonchev–Trinajstić information content (AvgIpc) is 2.59. The average molecular weight is 309 g/mol. The zero-order valence-electron chi connectivity index (χ0n) is 8.15. The van der Waals surface area contributed by atoms with Crippen molar-refractivity contribution in [2.75, 3.05) is 0 Å². The van der Waals surface area contributed by atoms with Gasteiger partial charge in [-0.05, 0) is 28.1 Å². The number of alkyl halides is 3. The number of nitrogens with zero attached hydrogens (tertiary/aromatic N) is 1. The van der Waals surface area contributed by atoms with Gasteiger partial charge in [-0.3, -0.25) is 5.10 Å². The highest BCUT2D eigenvalue weighted by Gasteiger charge is 2.36. The van der Waals surface area contributed by atoms with E-state index in [4.69, 9.17) is 0 Å². The van der Waals surface area contributed by atoms with Gasteiger partial charge in [0, 0.05) is 5.56 Å². The van der Waals surface area contributed by atoms with Gasteiger partial charge < -0.3 is 0 Å². The summed E-state index contributed by atoms with van der Waals surface area (Å²) in [5.74, 6) is -0.536. The standard InChI is InChI=1S/C10H5BrF4N2/c11-7-8(5-2-1-3-6(12)4-5)16-17-9(7)10(13,14)15/h1-4H,(H,16,17). The molecule has 0 unspecified atom stereocenters. The summed E-state index contributed by atoms with van der Waals surface area (Å²) in [6.07, 6.45) is -4.53. The summed E-state index contributed by atoms with van der Waals surface area (Å²) in [4.78, 5) is 0. The monoisotopic (exact) mass is 308 g/mol. The Bertz CT molecular complexity index is 547. The van der Waals surface area contributed by atoms with Crippen LogP contribution >= 0.6 is 15.9 Å². The number of nitrogens with one attached hydrogen (secondary N) is 1. The first-order valence-corrected chi connectivity index (χ1v) is 5.26. The van der Waals surface area contributed by atoms with Crippen LogP contribution in [0.5, 0.6) is 0 Å². The predicted molar refractivity (Wildman–Crippen MR) is 56.7 cm³/mol. The number of aromatic nitrogens is 2. The molecule has 2 aromatic rings. The molecular weight excluding hydrogens is 304 g/mol. The third-order valence-electron chi connectivity index (χ3n) is 2.09. The maximum absolute atomic E-state index is 12.9. The molecule has 17 heavy (non-hydrogen) atoms. The highest BCUT2D eigenvalue weighted by Crippen LogP contribution is 2.38. The number of halogens is 5. The summed E-state index contributed by atoms with van der Waals surface area (Å²) in [7, 11) is 0. The molecule has 0 saturated heterocycles. The van der Waals surface area contributed by atoms with Crippen LogP contribution in [0.1, 0.15) is 5.69 Å². The van der Waals surface area contributed by atoms with Crippen LogP contribution in [0.3, 0.4) is 0 Å². The minimum Gasteiger partial charge on any atom is -0.272 e. The van der Waals surface area contributed by atoms with Gasteiger partial charge in [0.2, 0.25) is 0 Å². The van der Waals surface area contributed by atoms with Crippen molar-refractivity contribution >= 4 is 15.9 Å². The minimum atomic E-state index is -4.53. The van der Waals surface area contributed by atoms with Crippen molar-refractivity contribution in [1.82, 2.24) is 10.2 Å². The van der Waals surface area contributed by atoms with E-state index in [9.17, 15) is 17.6 Å². The molecule has 0 aliphatic rings. The number of rotatable bonds is 1. The van der Waals surface area contributed by atoms with Gasteiger partial charge in [0.15, 0.2) is 5.69 Å². The van der Waals surface area contributed by atoms with E-state index < -0.39 is 17.7 Å². The van der Waals surface area contributed by atoms with Gasteiger partial charge >= 0.3 is 6.18 Å². The van der Waals surface area contributed by atoms with E-state index >= 15 is 0 Å². The molecule has 1 heterocycles. The van der Waals surface area contributed by atoms with Crippen molar-refractivity contribution in [3.8, 4) is 11.3 Å². The molecule has 0 fully saturated rings. The molecule has 1 N–H and O–H groups in total. The molecule has 7 heteroatoms. The fourth-order valence-corrected chi connectivity index (χ4v) is 1.97. The fourth-order valence-electron chi connectivity index (χ4n) is 1.34. The Hall–Kier alpha value is -1.37. The molecule has 2 rings (SSSR count). The number of aromatic amines is 1. The highest BCUT2D eigenvalue weighted by atomic mass is 79.9. The third-order valence-corrected chi connectivity index (χ3v) is 2.86. The van der Waals surface area contributed by atoms with Gasteiger partial charge in [-0.2, -0.15) is 18.3 Å². The maximum atomic E-state index is 12.9. The smallest absolute Gasteiger partial charge is 0.272 e. The molecule has 0 atom stereocenters. The van der Waals surface area contributed by atoms with E-state index in [0.29, 0.717) is 0 Å². The summed E-state index contributed by atoms with van der Waals surface area (Å²) < 4.78 is 50.2. The Kier molecular flexibility index (Phi) is 2.94. The van der Waals surface area contributed by atoms with Crippen LogP contribution in [-0.4, -0.2) is 10.2 Å². The number of benzene rings is 1. The van der Waals surface area contributed by atoms with Crippen molar-refractivity contribution in [2.45, 2.75) is 6.18 Å². The van der Waals surface area contributed by atoms with Crippen LogP contribution in [0, 0.1) is 5.82 Å². The lowest BCUT2D eigenvalue weighted by molar-refractivity contribution is -0.141. The zero-order chi connectivity index (χ0) is 12.6. The lowest BCUT2D eigenvalue weighted by Gasteiger charge is -2.03. The van der Waals surface area contributed by atoms with Crippen LogP contribution in [0.15, 0.2) is 28.7 Å². The van der Waals surface area contributed by atoms with Gasteiger partial charge in [-0.15, -0.1) is 0 Å². The second-order valence-electron chi connectivity index (χ2n) is 3.27. The van der Waals surface area contributed by atoms with Gasteiger partial charge in [-0.1, -0.05) is 12.1 Å². The number of hydrogen-bond donors (Lipinski definition) is 1. The van der Waals surface area contributed by atoms with Crippen molar-refractivity contribution in [1.29, 1.82) is 0 Å². The number of hydrogen-bond acceptors (Lipinski definition) is 1. The molecule has 0 saturated carbocycles. The second kappa shape index (κ2) is 4.14. The molecule has 1 aromatic heterocycles. The van der Waals surface area contributed by atoms with E-state index in [1.807, 2.05) is 5.10 Å². The molecule has 0 aliphatic heterocycles. The molecule has 2 nitrogen and oxygen atoms in total. The van der Waals surface area contributed by atoms with Crippen LogP contribution in [-0.2, 0) is 6.18 Å². The molecule has 0 spiro atoms. The van der Waals surface area contributed by atoms with E-state index in [1.54, 1.807) is 0 Å². The molecule has 0 amide bonds. The van der Waals surface area contributed by atoms with Crippen LogP contribution in [0.4, 0.5) is 17.6 Å². The topological polar surface area (TPSA) is 28.7 Å². The maximum Gasteiger partial charge on any atom is 0.433 e. The van der Waals surface area contributed by atoms with Crippen molar-refractivity contribution < 1.29 is 17.6 Å². The highest BCUT2D eigenvalue weighted by molar-refractivity contribution is 9.10. The van der Waals surface area contributed by atoms with E-state index in [0.717, 1.165) is 6.07 Å². The summed E-state index contributed by atoms with van der Waals surface area (Å²) in [5.41, 5.74) is -0.697. The van der Waals surface area contributed by atoms with Crippen LogP contribution in [0.2, 0.25) is 0 Å². The molecular formula is C10H5BrF4N2. The summed E-state index contributed by atoms with van der Waals surface area (Å²) in [6.45, 7) is 0. The van der Waals surface area contributed by atoms with Crippen molar-refractivity contribution in [2.24, 2.45) is 0 Å². The van der Waals surface area contributed by atoms with E-state index in [1.165, 1.54) is 18.2 Å². The molecule has 0 radical (unpaired) electrons. The van der Waals surface area contributed by atoms with Gasteiger partial charge in [0.25, 0.3) is 0 Å². The van der Waals surface area contributed by atoms with Gasteiger partial charge in [0.05, 0.1) is 4.47 Å². The SMILES string of the molecule is Fc1cccc(-c2n[nH]c(C(F)(F)F)c2Br)c1. The lowest BCUT2D eigenvalue weighted by atomic mass is 10.1. The Labute approximate surface area is 102 Å². The second-order valence-corrected chi connectivity index (χ2v) is 4.06. The Balaban J connectivity index is 2.52. The van der Waals surface area contributed by atoms with Crippen molar-refractivity contribution in [3.05, 3.63) is 40.2 Å². The first kappa shape index (κ1) is 12.1. The third kappa shape index (κ3) is 2.33. The molecule has 90 valence electrons. The molecule has 1 aromatic carbocycles. The van der Waals surface area contributed by atoms with Gasteiger partial charge in [-0.25, -0.2) is 4.39 Å². The largest absolute Gasteiger partial charge is 0.433 e. The van der Waals surface area contributed by atoms with Crippen LogP contribution < -0.4 is 0 Å². The van der Waals surface area contributed by atoms with Crippen LogP contribution in [0.25, 0.3) is 11.3 Å². The van der Waals surface area contributed by atoms with Crippen molar-refractivity contribution in [3.63, 3.8) is 0 Å². The fraction of sp³-hybridized carbons (Fsp3) is 0.100. The Morgan fingerprint density at radius 3 is 2.47 bits per heavy atom. The van der Waals surface area contributed by atoms with E-state index in [2.05, 4.69) is 21.0 Å². The predicted octanol–water partition coefficient (Wildman–Crippen LogP) is 4.00. The number of H-pyrrole nitrogens is 1. The van der Waals surface area contributed by atoms with E-state index in [-0.39, 0.29) is 15.7 Å².